The van der Waals surface area contributed by atoms with E-state index in [9.17, 15) is 9.18 Å². The third kappa shape index (κ3) is 2.77. The number of rotatable bonds is 3. The molecular formula is C17H11FN4OS. The third-order valence-corrected chi connectivity index (χ3v) is 4.20. The molecule has 24 heavy (non-hydrogen) atoms. The van der Waals surface area contributed by atoms with E-state index in [1.165, 1.54) is 40.3 Å². The van der Waals surface area contributed by atoms with E-state index < -0.39 is 0 Å². The normalized spacial score (nSPS) is 10.9. The highest BCUT2D eigenvalue weighted by Crippen LogP contribution is 2.24. The number of imidazole rings is 1. The Balaban J connectivity index is 1.56. The highest BCUT2D eigenvalue weighted by atomic mass is 32.1. The van der Waals surface area contributed by atoms with Crippen LogP contribution in [0.1, 0.15) is 10.5 Å². The molecule has 4 aromatic rings. The Kier molecular flexibility index (Phi) is 3.55. The van der Waals surface area contributed by atoms with E-state index in [0.717, 1.165) is 11.3 Å². The summed E-state index contributed by atoms with van der Waals surface area (Å²) in [5.74, 6) is -0.771. The molecule has 0 radical (unpaired) electrons. The number of amides is 1. The second-order valence-corrected chi connectivity index (χ2v) is 5.96. The first-order valence-corrected chi connectivity index (χ1v) is 8.03. The van der Waals surface area contributed by atoms with Gasteiger partial charge >= 0.3 is 0 Å². The van der Waals surface area contributed by atoms with Crippen LogP contribution in [-0.4, -0.2) is 20.3 Å². The van der Waals surface area contributed by atoms with Crippen molar-refractivity contribution in [3.63, 3.8) is 0 Å². The highest BCUT2D eigenvalue weighted by molar-refractivity contribution is 7.14. The van der Waals surface area contributed by atoms with Crippen molar-refractivity contribution in [1.29, 1.82) is 0 Å². The Hall–Kier alpha value is -3.06. The van der Waals surface area contributed by atoms with Crippen LogP contribution >= 0.6 is 11.3 Å². The number of nitrogens with zero attached hydrogens (tertiary/aromatic N) is 3. The number of aromatic nitrogens is 3. The number of nitrogens with one attached hydrogen (secondary N) is 1. The molecule has 0 bridgehead atoms. The molecule has 0 aliphatic heterocycles. The van der Waals surface area contributed by atoms with Crippen molar-refractivity contribution >= 4 is 28.0 Å². The Morgan fingerprint density at radius 3 is 2.75 bits per heavy atom. The summed E-state index contributed by atoms with van der Waals surface area (Å²) in [6, 6.07) is 12.5. The molecule has 0 saturated heterocycles. The van der Waals surface area contributed by atoms with Gasteiger partial charge in [0.15, 0.2) is 5.13 Å². The number of pyridine rings is 1. The fourth-order valence-electron chi connectivity index (χ4n) is 2.31. The molecule has 0 spiro atoms. The van der Waals surface area contributed by atoms with Crippen molar-refractivity contribution in [2.45, 2.75) is 0 Å². The lowest BCUT2D eigenvalue weighted by Crippen LogP contribution is -2.12. The minimum atomic E-state index is -0.390. The van der Waals surface area contributed by atoms with Crippen LogP contribution in [-0.2, 0) is 0 Å². The topological polar surface area (TPSA) is 59.3 Å². The van der Waals surface area contributed by atoms with E-state index in [2.05, 4.69) is 15.3 Å². The van der Waals surface area contributed by atoms with Crippen LogP contribution in [0.3, 0.4) is 0 Å². The molecule has 3 aromatic heterocycles. The maximum absolute atomic E-state index is 13.2. The molecule has 1 N–H and O–H groups in total. The van der Waals surface area contributed by atoms with Crippen molar-refractivity contribution in [3.8, 4) is 11.3 Å². The van der Waals surface area contributed by atoms with Crippen molar-refractivity contribution in [2.24, 2.45) is 0 Å². The number of hydrogen-bond donors (Lipinski definition) is 1. The molecule has 118 valence electrons. The monoisotopic (exact) mass is 338 g/mol. The Morgan fingerprint density at radius 1 is 1.08 bits per heavy atom. The molecule has 0 saturated carbocycles. The number of halogens is 1. The van der Waals surface area contributed by atoms with Crippen LogP contribution in [0.25, 0.3) is 16.9 Å². The van der Waals surface area contributed by atoms with Gasteiger partial charge in [0.25, 0.3) is 5.91 Å². The van der Waals surface area contributed by atoms with Gasteiger partial charge in [-0.25, -0.2) is 14.4 Å². The summed E-state index contributed by atoms with van der Waals surface area (Å²) in [5.41, 5.74) is 2.49. The van der Waals surface area contributed by atoms with E-state index in [4.69, 9.17) is 0 Å². The van der Waals surface area contributed by atoms with E-state index in [0.29, 0.717) is 10.8 Å². The molecule has 7 heteroatoms. The summed E-state index contributed by atoms with van der Waals surface area (Å²) < 4.78 is 14.7. The molecule has 0 fully saturated rings. The molecule has 0 atom stereocenters. The van der Waals surface area contributed by atoms with Crippen LogP contribution in [0, 0.1) is 5.82 Å². The smallest absolute Gasteiger partial charge is 0.277 e. The van der Waals surface area contributed by atoms with Gasteiger partial charge in [-0.1, -0.05) is 30.3 Å². The second kappa shape index (κ2) is 5.86. The summed E-state index contributed by atoms with van der Waals surface area (Å²) in [7, 11) is 0. The predicted molar refractivity (Wildman–Crippen MR) is 90.7 cm³/mol. The van der Waals surface area contributed by atoms with Gasteiger partial charge in [-0.3, -0.25) is 10.1 Å². The van der Waals surface area contributed by atoms with Gasteiger partial charge in [-0.05, 0) is 12.1 Å². The van der Waals surface area contributed by atoms with Crippen molar-refractivity contribution in [1.82, 2.24) is 14.4 Å². The third-order valence-electron chi connectivity index (χ3n) is 3.44. The molecule has 0 unspecified atom stereocenters. The lowest BCUT2D eigenvalue weighted by atomic mass is 10.2. The average Bonchev–Trinajstić information content (AvgIpc) is 3.22. The van der Waals surface area contributed by atoms with Gasteiger partial charge in [0.05, 0.1) is 5.69 Å². The number of thiazole rings is 1. The second-order valence-electron chi connectivity index (χ2n) is 5.10. The average molecular weight is 338 g/mol. The van der Waals surface area contributed by atoms with E-state index in [1.807, 2.05) is 35.7 Å². The number of benzene rings is 1. The number of anilines is 1. The van der Waals surface area contributed by atoms with Gasteiger partial charge in [-0.15, -0.1) is 11.3 Å². The van der Waals surface area contributed by atoms with Gasteiger partial charge in [0, 0.05) is 23.3 Å². The molecule has 0 aliphatic rings. The van der Waals surface area contributed by atoms with E-state index >= 15 is 0 Å². The maximum Gasteiger partial charge on any atom is 0.277 e. The zero-order valence-corrected chi connectivity index (χ0v) is 13.1. The van der Waals surface area contributed by atoms with Crippen molar-refractivity contribution in [3.05, 3.63) is 71.7 Å². The lowest BCUT2D eigenvalue weighted by molar-refractivity contribution is 0.102. The van der Waals surface area contributed by atoms with Crippen molar-refractivity contribution in [2.75, 3.05) is 5.32 Å². The van der Waals surface area contributed by atoms with Crippen LogP contribution < -0.4 is 5.32 Å². The lowest BCUT2D eigenvalue weighted by Gasteiger charge is -1.97. The zero-order valence-electron chi connectivity index (χ0n) is 12.3. The summed E-state index contributed by atoms with van der Waals surface area (Å²) in [6.45, 7) is 0. The van der Waals surface area contributed by atoms with E-state index in [-0.39, 0.29) is 17.4 Å². The fourth-order valence-corrected chi connectivity index (χ4v) is 3.02. The quantitative estimate of drug-likeness (QED) is 0.617. The maximum atomic E-state index is 13.2. The number of carbonyl (C=O) groups is 1. The molecular weight excluding hydrogens is 327 g/mol. The molecule has 3 heterocycles. The summed E-state index contributed by atoms with van der Waals surface area (Å²) in [4.78, 5) is 20.9. The largest absolute Gasteiger partial charge is 0.303 e. The molecule has 1 aromatic carbocycles. The van der Waals surface area contributed by atoms with Gasteiger partial charge in [-0.2, -0.15) is 0 Å². The van der Waals surface area contributed by atoms with Crippen LogP contribution in [0.5, 0.6) is 0 Å². The SMILES string of the molecule is O=C(Nc1nc(-c2ccccc2)cs1)c1cn2cc(F)ccc2n1. The fraction of sp³-hybridized carbons (Fsp3) is 0. The number of hydrogen-bond acceptors (Lipinski definition) is 4. The summed E-state index contributed by atoms with van der Waals surface area (Å²) in [5, 5.41) is 5.09. The Labute approximate surface area is 140 Å². The Morgan fingerprint density at radius 2 is 1.92 bits per heavy atom. The minimum absolute atomic E-state index is 0.206. The molecule has 5 nitrogen and oxygen atoms in total. The first-order valence-electron chi connectivity index (χ1n) is 7.15. The van der Waals surface area contributed by atoms with Crippen molar-refractivity contribution < 1.29 is 9.18 Å². The zero-order chi connectivity index (χ0) is 16.5. The highest BCUT2D eigenvalue weighted by Gasteiger charge is 2.13. The number of carbonyl (C=O) groups excluding carboxylic acids is 1. The van der Waals surface area contributed by atoms with Gasteiger partial charge < -0.3 is 4.40 Å². The van der Waals surface area contributed by atoms with Gasteiger partial charge in [0.2, 0.25) is 0 Å². The minimum Gasteiger partial charge on any atom is -0.303 e. The molecule has 0 aliphatic carbocycles. The summed E-state index contributed by atoms with van der Waals surface area (Å²) >= 11 is 1.34. The standard InChI is InChI=1S/C17H11FN4OS/c18-12-6-7-15-19-13(9-22(15)8-12)16(23)21-17-20-14(10-24-17)11-4-2-1-3-5-11/h1-10H,(H,20,21,23). The summed E-state index contributed by atoms with van der Waals surface area (Å²) in [6.07, 6.45) is 2.76. The Bertz CT molecular complexity index is 1030. The number of fused-ring (bicyclic) bond motifs is 1. The molecule has 1 amide bonds. The van der Waals surface area contributed by atoms with Crippen LogP contribution in [0.2, 0.25) is 0 Å². The van der Waals surface area contributed by atoms with Crippen LogP contribution in [0.15, 0.2) is 60.2 Å². The molecule has 4 rings (SSSR count). The first kappa shape index (κ1) is 14.5. The first-order chi connectivity index (χ1) is 11.7. The van der Waals surface area contributed by atoms with E-state index in [1.54, 1.807) is 0 Å². The van der Waals surface area contributed by atoms with Gasteiger partial charge in [0.1, 0.15) is 17.2 Å². The van der Waals surface area contributed by atoms with Crippen LogP contribution in [0.4, 0.5) is 9.52 Å². The predicted octanol–water partition coefficient (Wildman–Crippen LogP) is 3.85.